The van der Waals surface area contributed by atoms with Gasteiger partial charge in [-0.3, -0.25) is 9.80 Å². The van der Waals surface area contributed by atoms with Crippen molar-refractivity contribution in [1.29, 1.82) is 0 Å². The van der Waals surface area contributed by atoms with Gasteiger partial charge in [0.1, 0.15) is 12.3 Å². The Morgan fingerprint density at radius 2 is 1.75 bits per heavy atom. The number of nitrogens with one attached hydrogen (secondary N) is 1. The SMILES string of the molecule is O=Cc1ccc(C2=CC(C(F)(F)F)NN2c2ccccc2Cl)cc1. The summed E-state index contributed by atoms with van der Waals surface area (Å²) in [5, 5.41) is 1.64. The van der Waals surface area contributed by atoms with Gasteiger partial charge in [0.25, 0.3) is 0 Å². The molecule has 0 aromatic heterocycles. The van der Waals surface area contributed by atoms with Crippen molar-refractivity contribution in [2.45, 2.75) is 12.2 Å². The van der Waals surface area contributed by atoms with Crippen LogP contribution in [0.25, 0.3) is 5.70 Å². The molecule has 1 N–H and O–H groups in total. The number of aldehydes is 1. The first-order valence-electron chi connectivity index (χ1n) is 7.05. The van der Waals surface area contributed by atoms with Gasteiger partial charge < -0.3 is 0 Å². The Bertz CT molecular complexity index is 787. The van der Waals surface area contributed by atoms with Crippen LogP contribution in [-0.2, 0) is 0 Å². The Balaban J connectivity index is 2.05. The third kappa shape index (κ3) is 3.16. The van der Waals surface area contributed by atoms with Crippen LogP contribution in [0.3, 0.4) is 0 Å². The minimum absolute atomic E-state index is 0.322. The van der Waals surface area contributed by atoms with E-state index < -0.39 is 12.2 Å². The number of carbonyl (C=O) groups excluding carboxylic acids is 1. The highest BCUT2D eigenvalue weighted by atomic mass is 35.5. The molecule has 1 aliphatic heterocycles. The lowest BCUT2D eigenvalue weighted by atomic mass is 10.1. The minimum atomic E-state index is -4.44. The summed E-state index contributed by atoms with van der Waals surface area (Å²) >= 11 is 6.13. The molecule has 1 aliphatic rings. The number of halogens is 4. The maximum atomic E-state index is 13.1. The molecular weight excluding hydrogens is 341 g/mol. The molecule has 0 saturated heterocycles. The second-order valence-corrected chi connectivity index (χ2v) is 5.63. The lowest BCUT2D eigenvalue weighted by molar-refractivity contribution is -0.142. The summed E-state index contributed by atoms with van der Waals surface area (Å²) in [6.45, 7) is 0. The Morgan fingerprint density at radius 1 is 1.08 bits per heavy atom. The van der Waals surface area contributed by atoms with Crippen LogP contribution in [0.2, 0.25) is 5.02 Å². The van der Waals surface area contributed by atoms with Crippen molar-refractivity contribution < 1.29 is 18.0 Å². The standard InChI is InChI=1S/C17H12ClF3N2O/c18-13-3-1-2-4-14(13)23-15(9-16(22-23)17(19,20)21)12-7-5-11(10-24)6-8-12/h1-10,16,22H. The van der Waals surface area contributed by atoms with Gasteiger partial charge in [-0.15, -0.1) is 0 Å². The van der Waals surface area contributed by atoms with Gasteiger partial charge in [-0.2, -0.15) is 13.2 Å². The molecule has 0 bridgehead atoms. The van der Waals surface area contributed by atoms with Gasteiger partial charge in [0.05, 0.1) is 16.4 Å². The maximum Gasteiger partial charge on any atom is 0.409 e. The van der Waals surface area contributed by atoms with Gasteiger partial charge in [0.15, 0.2) is 0 Å². The van der Waals surface area contributed by atoms with E-state index >= 15 is 0 Å². The van der Waals surface area contributed by atoms with E-state index in [0.29, 0.717) is 33.8 Å². The summed E-state index contributed by atoms with van der Waals surface area (Å²) in [5.41, 5.74) is 4.15. The lowest BCUT2D eigenvalue weighted by Gasteiger charge is -2.25. The first-order chi connectivity index (χ1) is 11.4. The fourth-order valence-corrected chi connectivity index (χ4v) is 2.66. The molecule has 0 radical (unpaired) electrons. The van der Waals surface area contributed by atoms with Crippen LogP contribution in [0.5, 0.6) is 0 Å². The van der Waals surface area contributed by atoms with Crippen molar-refractivity contribution in [3.05, 3.63) is 70.8 Å². The van der Waals surface area contributed by atoms with Gasteiger partial charge in [0, 0.05) is 5.56 Å². The lowest BCUT2D eigenvalue weighted by Crippen LogP contribution is -2.44. The molecule has 2 aromatic rings. The monoisotopic (exact) mass is 352 g/mol. The van der Waals surface area contributed by atoms with E-state index in [-0.39, 0.29) is 0 Å². The molecule has 24 heavy (non-hydrogen) atoms. The number of nitrogens with zero attached hydrogens (tertiary/aromatic N) is 1. The molecule has 0 saturated carbocycles. The van der Waals surface area contributed by atoms with Crippen LogP contribution in [0.1, 0.15) is 15.9 Å². The normalized spacial score (nSPS) is 17.8. The Hall–Kier alpha value is -2.31. The summed E-state index contributed by atoms with van der Waals surface area (Å²) in [6, 6.07) is 11.1. The molecule has 0 amide bonds. The molecule has 1 heterocycles. The fraction of sp³-hybridized carbons (Fsp3) is 0.118. The third-order valence-electron chi connectivity index (χ3n) is 3.62. The molecule has 3 rings (SSSR count). The van der Waals surface area contributed by atoms with E-state index in [0.717, 1.165) is 6.08 Å². The van der Waals surface area contributed by atoms with Gasteiger partial charge in [0.2, 0.25) is 0 Å². The number of carbonyl (C=O) groups is 1. The molecule has 2 aromatic carbocycles. The van der Waals surface area contributed by atoms with Gasteiger partial charge in [-0.1, -0.05) is 48.0 Å². The van der Waals surface area contributed by atoms with Crippen LogP contribution >= 0.6 is 11.6 Å². The summed E-state index contributed by atoms with van der Waals surface area (Å²) in [4.78, 5) is 10.7. The van der Waals surface area contributed by atoms with Crippen LogP contribution < -0.4 is 10.4 Å². The average Bonchev–Trinajstić information content (AvgIpc) is 3.01. The topological polar surface area (TPSA) is 32.3 Å². The van der Waals surface area contributed by atoms with Crippen molar-refractivity contribution in [2.24, 2.45) is 0 Å². The predicted molar refractivity (Wildman–Crippen MR) is 86.7 cm³/mol. The zero-order valence-electron chi connectivity index (χ0n) is 12.2. The number of hydrogen-bond donors (Lipinski definition) is 1. The Kier molecular flexibility index (Phi) is 4.34. The highest BCUT2D eigenvalue weighted by Crippen LogP contribution is 2.37. The van der Waals surface area contributed by atoms with Crippen LogP contribution in [0.4, 0.5) is 18.9 Å². The molecule has 3 nitrogen and oxygen atoms in total. The second-order valence-electron chi connectivity index (χ2n) is 5.23. The van der Waals surface area contributed by atoms with E-state index in [1.54, 1.807) is 48.5 Å². The van der Waals surface area contributed by atoms with Crippen molar-refractivity contribution in [3.8, 4) is 0 Å². The minimum Gasteiger partial charge on any atom is -0.298 e. The fourth-order valence-electron chi connectivity index (χ4n) is 2.44. The smallest absolute Gasteiger partial charge is 0.298 e. The molecule has 124 valence electrons. The van der Waals surface area contributed by atoms with Gasteiger partial charge in [-0.25, -0.2) is 5.43 Å². The second kappa shape index (κ2) is 6.30. The number of rotatable bonds is 3. The molecule has 1 unspecified atom stereocenters. The largest absolute Gasteiger partial charge is 0.409 e. The van der Waals surface area contributed by atoms with E-state index in [1.165, 1.54) is 5.01 Å². The highest BCUT2D eigenvalue weighted by molar-refractivity contribution is 6.33. The van der Waals surface area contributed by atoms with Crippen molar-refractivity contribution in [3.63, 3.8) is 0 Å². The first-order valence-corrected chi connectivity index (χ1v) is 7.43. The van der Waals surface area contributed by atoms with Crippen LogP contribution in [0, 0.1) is 0 Å². The van der Waals surface area contributed by atoms with Gasteiger partial charge in [-0.05, 0) is 23.8 Å². The van der Waals surface area contributed by atoms with Crippen molar-refractivity contribution in [2.75, 3.05) is 5.01 Å². The van der Waals surface area contributed by atoms with Gasteiger partial charge >= 0.3 is 6.18 Å². The van der Waals surface area contributed by atoms with E-state index in [9.17, 15) is 18.0 Å². The molecule has 1 atom stereocenters. The van der Waals surface area contributed by atoms with Crippen LogP contribution in [-0.4, -0.2) is 18.5 Å². The summed E-state index contributed by atoms with van der Waals surface area (Å²) in [7, 11) is 0. The summed E-state index contributed by atoms with van der Waals surface area (Å²) in [6.07, 6.45) is -2.67. The average molecular weight is 353 g/mol. The van der Waals surface area contributed by atoms with Crippen LogP contribution in [0.15, 0.2) is 54.6 Å². The van der Waals surface area contributed by atoms with E-state index in [1.807, 2.05) is 0 Å². The number of hydrazine groups is 1. The van der Waals surface area contributed by atoms with Crippen molar-refractivity contribution >= 4 is 29.3 Å². The maximum absolute atomic E-state index is 13.1. The molecule has 0 aliphatic carbocycles. The van der Waals surface area contributed by atoms with E-state index in [2.05, 4.69) is 5.43 Å². The summed E-state index contributed by atoms with van der Waals surface area (Å²) in [5.74, 6) is 0. The Labute approximate surface area is 141 Å². The molecule has 0 spiro atoms. The number of alkyl halides is 3. The number of anilines is 1. The highest BCUT2D eigenvalue weighted by Gasteiger charge is 2.44. The van der Waals surface area contributed by atoms with E-state index in [4.69, 9.17) is 11.6 Å². The predicted octanol–water partition coefficient (Wildman–Crippen LogP) is 4.45. The quantitative estimate of drug-likeness (QED) is 0.828. The molecule has 0 fully saturated rings. The Morgan fingerprint density at radius 3 is 2.33 bits per heavy atom. The molecule has 7 heteroatoms. The number of hydrogen-bond acceptors (Lipinski definition) is 3. The first kappa shape index (κ1) is 16.5. The van der Waals surface area contributed by atoms with Crippen molar-refractivity contribution in [1.82, 2.24) is 5.43 Å². The third-order valence-corrected chi connectivity index (χ3v) is 3.94. The zero-order chi connectivity index (χ0) is 17.3. The number of para-hydroxylation sites is 1. The zero-order valence-corrected chi connectivity index (χ0v) is 13.0. The number of benzene rings is 2. The molecular formula is C17H12ClF3N2O. The summed E-state index contributed by atoms with van der Waals surface area (Å²) < 4.78 is 39.4.